The molecule has 0 radical (unpaired) electrons. The molecule has 1 atom stereocenters. The summed E-state index contributed by atoms with van der Waals surface area (Å²) >= 11 is 0. The van der Waals surface area contributed by atoms with Crippen molar-refractivity contribution in [3.8, 4) is 5.75 Å². The fourth-order valence-electron chi connectivity index (χ4n) is 1.26. The zero-order valence-corrected chi connectivity index (χ0v) is 8.50. The number of hydrogen-bond donors (Lipinski definition) is 2. The molecular formula is C10H13F3N2O. The Morgan fingerprint density at radius 2 is 1.75 bits per heavy atom. The lowest BCUT2D eigenvalue weighted by atomic mass is 10.1. The van der Waals surface area contributed by atoms with Crippen LogP contribution in [0, 0.1) is 0 Å². The Morgan fingerprint density at radius 1 is 1.19 bits per heavy atom. The molecule has 0 amide bonds. The number of halogens is 3. The number of hydrogen-bond acceptors (Lipinski definition) is 3. The lowest BCUT2D eigenvalue weighted by Crippen LogP contribution is -2.17. The molecule has 4 N–H and O–H groups in total. The van der Waals surface area contributed by atoms with Crippen LogP contribution < -0.4 is 16.2 Å². The normalized spacial score (nSPS) is 13.6. The van der Waals surface area contributed by atoms with Gasteiger partial charge < -0.3 is 16.2 Å². The Morgan fingerprint density at radius 3 is 2.19 bits per heavy atom. The molecule has 0 unspecified atom stereocenters. The second-order valence-electron chi connectivity index (χ2n) is 3.30. The summed E-state index contributed by atoms with van der Waals surface area (Å²) in [5.41, 5.74) is 11.8. The van der Waals surface area contributed by atoms with Gasteiger partial charge in [0.15, 0.2) is 0 Å². The van der Waals surface area contributed by atoms with Crippen LogP contribution in [-0.2, 0) is 0 Å². The molecule has 90 valence electrons. The third kappa shape index (κ3) is 4.08. The predicted octanol–water partition coefficient (Wildman–Crippen LogP) is 1.93. The minimum absolute atomic E-state index is 0.254. The Balaban J connectivity index is 2.68. The molecule has 6 heteroatoms. The molecule has 16 heavy (non-hydrogen) atoms. The van der Waals surface area contributed by atoms with Gasteiger partial charge in [0.2, 0.25) is 0 Å². The standard InChI is InChI=1S/C10H13F3N2O/c11-10(12,13)16-8-3-1-7(2-4-8)9(15)5-6-14/h1-4,9H,5-6,14-15H2/t9-/m0/s1. The summed E-state index contributed by atoms with van der Waals surface area (Å²) in [7, 11) is 0. The van der Waals surface area contributed by atoms with Crippen molar-refractivity contribution in [1.82, 2.24) is 0 Å². The van der Waals surface area contributed by atoms with Crippen molar-refractivity contribution in [2.24, 2.45) is 11.5 Å². The molecule has 0 heterocycles. The topological polar surface area (TPSA) is 61.3 Å². The van der Waals surface area contributed by atoms with Crippen LogP contribution in [0.1, 0.15) is 18.0 Å². The van der Waals surface area contributed by atoms with Gasteiger partial charge in [-0.1, -0.05) is 12.1 Å². The molecule has 0 saturated carbocycles. The third-order valence-corrected chi connectivity index (χ3v) is 2.02. The number of ether oxygens (including phenoxy) is 1. The number of nitrogens with two attached hydrogens (primary N) is 2. The van der Waals surface area contributed by atoms with Gasteiger partial charge in [-0.3, -0.25) is 0 Å². The fourth-order valence-corrected chi connectivity index (χ4v) is 1.26. The Labute approximate surface area is 91.2 Å². The highest BCUT2D eigenvalue weighted by Gasteiger charge is 2.30. The molecule has 0 bridgehead atoms. The minimum atomic E-state index is -4.67. The zero-order valence-electron chi connectivity index (χ0n) is 8.50. The second-order valence-corrected chi connectivity index (χ2v) is 3.30. The molecule has 1 aromatic rings. The highest BCUT2D eigenvalue weighted by molar-refractivity contribution is 5.29. The molecule has 0 saturated heterocycles. The maximum Gasteiger partial charge on any atom is 0.573 e. The van der Waals surface area contributed by atoms with Crippen molar-refractivity contribution in [3.05, 3.63) is 29.8 Å². The fraction of sp³-hybridized carbons (Fsp3) is 0.400. The SMILES string of the molecule is NCC[C@H](N)c1ccc(OC(F)(F)F)cc1. The zero-order chi connectivity index (χ0) is 12.2. The summed E-state index contributed by atoms with van der Waals surface area (Å²) in [5.74, 6) is -0.254. The molecule has 1 rings (SSSR count). The van der Waals surface area contributed by atoms with Crippen LogP contribution in [0.25, 0.3) is 0 Å². The molecule has 1 aromatic carbocycles. The van der Waals surface area contributed by atoms with Crippen LogP contribution in [0.5, 0.6) is 5.75 Å². The average Bonchev–Trinajstić information content (AvgIpc) is 2.16. The molecular weight excluding hydrogens is 221 g/mol. The van der Waals surface area contributed by atoms with E-state index in [1.54, 1.807) is 0 Å². The van der Waals surface area contributed by atoms with E-state index >= 15 is 0 Å². The van der Waals surface area contributed by atoms with Gasteiger partial charge in [-0.15, -0.1) is 13.2 Å². The van der Waals surface area contributed by atoms with E-state index in [0.717, 1.165) is 5.56 Å². The monoisotopic (exact) mass is 234 g/mol. The first kappa shape index (κ1) is 12.8. The second kappa shape index (κ2) is 5.18. The lowest BCUT2D eigenvalue weighted by molar-refractivity contribution is -0.274. The van der Waals surface area contributed by atoms with Crippen molar-refractivity contribution in [2.75, 3.05) is 6.54 Å². The van der Waals surface area contributed by atoms with Gasteiger partial charge in [-0.05, 0) is 30.7 Å². The summed E-state index contributed by atoms with van der Waals surface area (Å²) in [6, 6.07) is 5.21. The molecule has 0 fully saturated rings. The van der Waals surface area contributed by atoms with E-state index in [4.69, 9.17) is 11.5 Å². The van der Waals surface area contributed by atoms with Gasteiger partial charge in [-0.25, -0.2) is 0 Å². The maximum atomic E-state index is 11.9. The predicted molar refractivity (Wildman–Crippen MR) is 53.7 cm³/mol. The van der Waals surface area contributed by atoms with Crippen molar-refractivity contribution in [2.45, 2.75) is 18.8 Å². The van der Waals surface area contributed by atoms with Crippen LogP contribution in [0.3, 0.4) is 0 Å². The molecule has 3 nitrogen and oxygen atoms in total. The van der Waals surface area contributed by atoms with Gasteiger partial charge in [0.25, 0.3) is 0 Å². The quantitative estimate of drug-likeness (QED) is 0.836. The summed E-state index contributed by atoms with van der Waals surface area (Å²) < 4.78 is 39.3. The lowest BCUT2D eigenvalue weighted by Gasteiger charge is -2.12. The van der Waals surface area contributed by atoms with Crippen LogP contribution in [-0.4, -0.2) is 12.9 Å². The molecule has 0 aliphatic heterocycles. The van der Waals surface area contributed by atoms with Crippen LogP contribution in [0.15, 0.2) is 24.3 Å². The maximum absolute atomic E-state index is 11.9. The van der Waals surface area contributed by atoms with Gasteiger partial charge >= 0.3 is 6.36 Å². The Bertz CT molecular complexity index is 324. The Kier molecular flexibility index (Phi) is 4.14. The molecule has 0 spiro atoms. The van der Waals surface area contributed by atoms with Crippen LogP contribution >= 0.6 is 0 Å². The minimum Gasteiger partial charge on any atom is -0.406 e. The van der Waals surface area contributed by atoms with E-state index in [0.29, 0.717) is 13.0 Å². The van der Waals surface area contributed by atoms with E-state index in [-0.39, 0.29) is 11.8 Å². The van der Waals surface area contributed by atoms with Crippen molar-refractivity contribution in [1.29, 1.82) is 0 Å². The average molecular weight is 234 g/mol. The first-order valence-corrected chi connectivity index (χ1v) is 4.74. The van der Waals surface area contributed by atoms with Gasteiger partial charge in [0, 0.05) is 6.04 Å². The summed E-state index contributed by atoms with van der Waals surface area (Å²) in [6.07, 6.45) is -4.08. The number of alkyl halides is 3. The van der Waals surface area contributed by atoms with Crippen LogP contribution in [0.2, 0.25) is 0 Å². The first-order chi connectivity index (χ1) is 7.42. The summed E-state index contributed by atoms with van der Waals surface area (Å²) in [4.78, 5) is 0. The van der Waals surface area contributed by atoms with Gasteiger partial charge in [0.05, 0.1) is 0 Å². The van der Waals surface area contributed by atoms with E-state index < -0.39 is 6.36 Å². The van der Waals surface area contributed by atoms with Crippen LogP contribution in [0.4, 0.5) is 13.2 Å². The molecule has 0 aromatic heterocycles. The largest absolute Gasteiger partial charge is 0.573 e. The number of rotatable bonds is 4. The van der Waals surface area contributed by atoms with Crippen molar-refractivity contribution in [3.63, 3.8) is 0 Å². The smallest absolute Gasteiger partial charge is 0.406 e. The van der Waals surface area contributed by atoms with Gasteiger partial charge in [0.1, 0.15) is 5.75 Å². The highest BCUT2D eigenvalue weighted by Crippen LogP contribution is 2.24. The number of benzene rings is 1. The van der Waals surface area contributed by atoms with Gasteiger partial charge in [-0.2, -0.15) is 0 Å². The van der Waals surface area contributed by atoms with E-state index in [1.807, 2.05) is 0 Å². The third-order valence-electron chi connectivity index (χ3n) is 2.02. The highest BCUT2D eigenvalue weighted by atomic mass is 19.4. The van der Waals surface area contributed by atoms with E-state index in [9.17, 15) is 13.2 Å². The van der Waals surface area contributed by atoms with E-state index in [1.165, 1.54) is 24.3 Å². The van der Waals surface area contributed by atoms with Crippen molar-refractivity contribution < 1.29 is 17.9 Å². The summed E-state index contributed by atoms with van der Waals surface area (Å²) in [6.45, 7) is 0.433. The molecule has 0 aliphatic carbocycles. The Hall–Kier alpha value is -1.27. The first-order valence-electron chi connectivity index (χ1n) is 4.74. The van der Waals surface area contributed by atoms with E-state index in [2.05, 4.69) is 4.74 Å². The molecule has 0 aliphatic rings. The summed E-state index contributed by atoms with van der Waals surface area (Å²) in [5, 5.41) is 0. The van der Waals surface area contributed by atoms with Crippen molar-refractivity contribution >= 4 is 0 Å².